The maximum absolute atomic E-state index is 10.7. The molecule has 13 heavy (non-hydrogen) atoms. The van der Waals surface area contributed by atoms with Crippen LogP contribution in [0.15, 0.2) is 0 Å². The highest BCUT2D eigenvalue weighted by Gasteiger charge is 2.26. The van der Waals surface area contributed by atoms with E-state index < -0.39 is 6.09 Å². The fourth-order valence-electron chi connectivity index (χ4n) is 1.68. The molecule has 0 saturated carbocycles. The van der Waals surface area contributed by atoms with Crippen molar-refractivity contribution in [2.45, 2.75) is 13.0 Å². The number of carboxylic acid groups (broad SMARTS) is 1. The third kappa shape index (κ3) is 2.57. The zero-order valence-corrected chi connectivity index (χ0v) is 8.16. The molecule has 76 valence electrons. The van der Waals surface area contributed by atoms with Gasteiger partial charge < -0.3 is 15.3 Å². The van der Waals surface area contributed by atoms with Crippen LogP contribution in [0.3, 0.4) is 0 Å². The van der Waals surface area contributed by atoms with Gasteiger partial charge in [0.05, 0.1) is 0 Å². The van der Waals surface area contributed by atoms with E-state index in [1.54, 1.807) is 0 Å². The SMILES string of the molecule is CNCN1CCN(C(=O)O)C(C)C1. The molecule has 2 N–H and O–H groups in total. The molecule has 1 amide bonds. The van der Waals surface area contributed by atoms with Crippen LogP contribution in [0.25, 0.3) is 0 Å². The fraction of sp³-hybridized carbons (Fsp3) is 0.875. The Bertz CT molecular complexity index is 186. The van der Waals surface area contributed by atoms with Crippen LogP contribution in [0, 0.1) is 0 Å². The number of hydrogen-bond acceptors (Lipinski definition) is 3. The number of nitrogens with one attached hydrogen (secondary N) is 1. The highest BCUT2D eigenvalue weighted by Crippen LogP contribution is 2.08. The van der Waals surface area contributed by atoms with Crippen molar-refractivity contribution in [1.82, 2.24) is 15.1 Å². The van der Waals surface area contributed by atoms with Crippen LogP contribution in [0.2, 0.25) is 0 Å². The minimum absolute atomic E-state index is 0.0969. The molecule has 0 aromatic heterocycles. The Kier molecular flexibility index (Phi) is 3.50. The summed E-state index contributed by atoms with van der Waals surface area (Å²) in [6.07, 6.45) is -0.809. The van der Waals surface area contributed by atoms with Crippen LogP contribution >= 0.6 is 0 Å². The molecule has 0 aromatic carbocycles. The highest BCUT2D eigenvalue weighted by molar-refractivity contribution is 5.65. The van der Waals surface area contributed by atoms with Gasteiger partial charge >= 0.3 is 6.09 Å². The first-order valence-corrected chi connectivity index (χ1v) is 4.51. The third-order valence-corrected chi connectivity index (χ3v) is 2.34. The molecule has 1 rings (SSSR count). The molecule has 1 atom stereocenters. The summed E-state index contributed by atoms with van der Waals surface area (Å²) in [7, 11) is 1.90. The van der Waals surface area contributed by atoms with Crippen molar-refractivity contribution in [1.29, 1.82) is 0 Å². The van der Waals surface area contributed by atoms with E-state index in [-0.39, 0.29) is 6.04 Å². The lowest BCUT2D eigenvalue weighted by atomic mass is 10.2. The molecule has 1 fully saturated rings. The molecular weight excluding hydrogens is 170 g/mol. The molecule has 1 aliphatic heterocycles. The van der Waals surface area contributed by atoms with Crippen molar-refractivity contribution in [2.75, 3.05) is 33.4 Å². The number of carbonyl (C=O) groups is 1. The summed E-state index contributed by atoms with van der Waals surface area (Å²) in [5, 5.41) is 11.9. The topological polar surface area (TPSA) is 55.8 Å². The summed E-state index contributed by atoms with van der Waals surface area (Å²) < 4.78 is 0. The molecule has 5 nitrogen and oxygen atoms in total. The molecule has 1 aliphatic rings. The van der Waals surface area contributed by atoms with Crippen LogP contribution in [0.5, 0.6) is 0 Å². The van der Waals surface area contributed by atoms with E-state index in [0.29, 0.717) is 6.54 Å². The van der Waals surface area contributed by atoms with Crippen LogP contribution in [0.4, 0.5) is 4.79 Å². The van der Waals surface area contributed by atoms with E-state index in [4.69, 9.17) is 5.11 Å². The number of hydrogen-bond donors (Lipinski definition) is 2. The quantitative estimate of drug-likeness (QED) is 0.631. The second-order valence-electron chi connectivity index (χ2n) is 3.41. The third-order valence-electron chi connectivity index (χ3n) is 2.34. The molecule has 5 heteroatoms. The van der Waals surface area contributed by atoms with Crippen LogP contribution in [-0.4, -0.2) is 60.4 Å². The average molecular weight is 187 g/mol. The minimum atomic E-state index is -0.809. The number of piperazine rings is 1. The van der Waals surface area contributed by atoms with E-state index in [2.05, 4.69) is 10.2 Å². The van der Waals surface area contributed by atoms with Gasteiger partial charge in [-0.05, 0) is 14.0 Å². The predicted octanol–water partition coefficient (Wildman–Crippen LogP) is -0.153. The van der Waals surface area contributed by atoms with Gasteiger partial charge in [-0.1, -0.05) is 0 Å². The molecule has 0 aromatic rings. The van der Waals surface area contributed by atoms with Gasteiger partial charge in [0.2, 0.25) is 0 Å². The normalized spacial score (nSPS) is 24.8. The Morgan fingerprint density at radius 3 is 2.77 bits per heavy atom. The molecule has 0 radical (unpaired) electrons. The van der Waals surface area contributed by atoms with Crippen LogP contribution in [0.1, 0.15) is 6.92 Å². The Morgan fingerprint density at radius 1 is 1.62 bits per heavy atom. The smallest absolute Gasteiger partial charge is 0.407 e. The first-order chi connectivity index (χ1) is 6.15. The predicted molar refractivity (Wildman–Crippen MR) is 49.7 cm³/mol. The van der Waals surface area contributed by atoms with E-state index in [1.807, 2.05) is 14.0 Å². The van der Waals surface area contributed by atoms with Crippen molar-refractivity contribution >= 4 is 6.09 Å². The lowest BCUT2D eigenvalue weighted by Crippen LogP contribution is -2.54. The summed E-state index contributed by atoms with van der Waals surface area (Å²) in [5.74, 6) is 0. The Balaban J connectivity index is 2.42. The summed E-state index contributed by atoms with van der Waals surface area (Å²) in [5.41, 5.74) is 0. The molecule has 1 saturated heterocycles. The summed E-state index contributed by atoms with van der Waals surface area (Å²) >= 11 is 0. The van der Waals surface area contributed by atoms with E-state index in [1.165, 1.54) is 4.90 Å². The van der Waals surface area contributed by atoms with Gasteiger partial charge in [0.15, 0.2) is 0 Å². The largest absolute Gasteiger partial charge is 0.465 e. The monoisotopic (exact) mass is 187 g/mol. The Labute approximate surface area is 78.3 Å². The first kappa shape index (κ1) is 10.3. The average Bonchev–Trinajstić information content (AvgIpc) is 2.04. The van der Waals surface area contributed by atoms with Crippen molar-refractivity contribution in [3.05, 3.63) is 0 Å². The van der Waals surface area contributed by atoms with Gasteiger partial charge in [-0.25, -0.2) is 4.79 Å². The van der Waals surface area contributed by atoms with Gasteiger partial charge in [0, 0.05) is 32.3 Å². The van der Waals surface area contributed by atoms with Gasteiger partial charge in [-0.3, -0.25) is 4.90 Å². The second kappa shape index (κ2) is 4.43. The summed E-state index contributed by atoms with van der Waals surface area (Å²) in [4.78, 5) is 14.4. The van der Waals surface area contributed by atoms with Gasteiger partial charge in [-0.15, -0.1) is 0 Å². The molecule has 0 bridgehead atoms. The zero-order valence-electron chi connectivity index (χ0n) is 8.16. The second-order valence-corrected chi connectivity index (χ2v) is 3.41. The van der Waals surface area contributed by atoms with Crippen molar-refractivity contribution in [2.24, 2.45) is 0 Å². The molecule has 0 spiro atoms. The maximum atomic E-state index is 10.7. The lowest BCUT2D eigenvalue weighted by Gasteiger charge is -2.38. The van der Waals surface area contributed by atoms with E-state index in [0.717, 1.165) is 19.8 Å². The lowest BCUT2D eigenvalue weighted by molar-refractivity contribution is 0.0717. The Hall–Kier alpha value is -0.810. The van der Waals surface area contributed by atoms with Crippen molar-refractivity contribution < 1.29 is 9.90 Å². The minimum Gasteiger partial charge on any atom is -0.465 e. The number of amides is 1. The van der Waals surface area contributed by atoms with Gasteiger partial charge in [0.1, 0.15) is 0 Å². The van der Waals surface area contributed by atoms with Crippen molar-refractivity contribution in [3.63, 3.8) is 0 Å². The highest BCUT2D eigenvalue weighted by atomic mass is 16.4. The molecular formula is C8H17N3O2. The van der Waals surface area contributed by atoms with Gasteiger partial charge in [-0.2, -0.15) is 0 Å². The first-order valence-electron chi connectivity index (χ1n) is 4.51. The molecule has 1 unspecified atom stereocenters. The van der Waals surface area contributed by atoms with Crippen molar-refractivity contribution in [3.8, 4) is 0 Å². The van der Waals surface area contributed by atoms with Crippen LogP contribution < -0.4 is 5.32 Å². The van der Waals surface area contributed by atoms with E-state index in [9.17, 15) is 4.79 Å². The maximum Gasteiger partial charge on any atom is 0.407 e. The summed E-state index contributed by atoms with van der Waals surface area (Å²) in [6, 6.07) is 0.0969. The van der Waals surface area contributed by atoms with Gasteiger partial charge in [0.25, 0.3) is 0 Å². The standard InChI is InChI=1S/C8H17N3O2/c1-7-5-10(6-9-2)3-4-11(7)8(12)13/h7,9H,3-6H2,1-2H3,(H,12,13). The fourth-order valence-corrected chi connectivity index (χ4v) is 1.68. The summed E-state index contributed by atoms with van der Waals surface area (Å²) in [6.45, 7) is 5.01. The molecule has 0 aliphatic carbocycles. The number of nitrogens with zero attached hydrogens (tertiary/aromatic N) is 2. The van der Waals surface area contributed by atoms with Crippen LogP contribution in [-0.2, 0) is 0 Å². The Morgan fingerprint density at radius 2 is 2.31 bits per heavy atom. The zero-order chi connectivity index (χ0) is 9.84. The number of rotatable bonds is 2. The van der Waals surface area contributed by atoms with E-state index >= 15 is 0 Å². The molecule has 1 heterocycles.